The van der Waals surface area contributed by atoms with Crippen molar-refractivity contribution in [3.8, 4) is 5.75 Å². The molecule has 0 aliphatic carbocycles. The summed E-state index contributed by atoms with van der Waals surface area (Å²) < 4.78 is 5.45. The second-order valence-electron chi connectivity index (χ2n) is 4.50. The SMILES string of the molecule is CCOc1cccc(CNCc2cccc(C(=O)O)n2)c1. The van der Waals surface area contributed by atoms with Crippen LogP contribution in [0.1, 0.15) is 28.7 Å². The van der Waals surface area contributed by atoms with Crippen LogP contribution in [0.2, 0.25) is 0 Å². The predicted molar refractivity (Wildman–Crippen MR) is 79.4 cm³/mol. The lowest BCUT2D eigenvalue weighted by Crippen LogP contribution is -2.14. The van der Waals surface area contributed by atoms with Gasteiger partial charge in [0, 0.05) is 13.1 Å². The Hall–Kier alpha value is -2.40. The molecule has 1 heterocycles. The summed E-state index contributed by atoms with van der Waals surface area (Å²) in [5.74, 6) is -0.163. The van der Waals surface area contributed by atoms with Crippen LogP contribution < -0.4 is 10.1 Å². The van der Waals surface area contributed by atoms with Gasteiger partial charge in [0.15, 0.2) is 0 Å². The molecule has 21 heavy (non-hydrogen) atoms. The summed E-state index contributed by atoms with van der Waals surface area (Å²) in [7, 11) is 0. The van der Waals surface area contributed by atoms with Crippen molar-refractivity contribution in [2.45, 2.75) is 20.0 Å². The molecule has 1 aromatic heterocycles. The van der Waals surface area contributed by atoms with Crippen molar-refractivity contribution in [3.63, 3.8) is 0 Å². The number of aromatic carboxylic acids is 1. The number of pyridine rings is 1. The maximum Gasteiger partial charge on any atom is 0.354 e. The zero-order valence-electron chi connectivity index (χ0n) is 11.9. The molecule has 1 aromatic carbocycles. The molecule has 0 saturated carbocycles. The van der Waals surface area contributed by atoms with Gasteiger partial charge in [0.25, 0.3) is 0 Å². The zero-order chi connectivity index (χ0) is 15.1. The molecule has 0 spiro atoms. The van der Waals surface area contributed by atoms with Crippen molar-refractivity contribution in [1.82, 2.24) is 10.3 Å². The van der Waals surface area contributed by atoms with Gasteiger partial charge >= 0.3 is 5.97 Å². The molecular formula is C16H18N2O3. The Morgan fingerprint density at radius 2 is 2.05 bits per heavy atom. The van der Waals surface area contributed by atoms with Gasteiger partial charge in [-0.05, 0) is 36.8 Å². The number of nitrogens with one attached hydrogen (secondary N) is 1. The number of aromatic nitrogens is 1. The highest BCUT2D eigenvalue weighted by Crippen LogP contribution is 2.13. The van der Waals surface area contributed by atoms with E-state index < -0.39 is 5.97 Å². The van der Waals surface area contributed by atoms with Crippen LogP contribution in [-0.4, -0.2) is 22.7 Å². The van der Waals surface area contributed by atoms with E-state index in [1.165, 1.54) is 6.07 Å². The Labute approximate surface area is 123 Å². The van der Waals surface area contributed by atoms with Crippen LogP contribution in [0.4, 0.5) is 0 Å². The number of ether oxygens (including phenoxy) is 1. The fourth-order valence-electron chi connectivity index (χ4n) is 1.94. The third-order valence-electron chi connectivity index (χ3n) is 2.87. The Bertz CT molecular complexity index is 614. The van der Waals surface area contributed by atoms with Crippen LogP contribution in [0.3, 0.4) is 0 Å². The molecule has 0 saturated heterocycles. The maximum absolute atomic E-state index is 10.9. The summed E-state index contributed by atoms with van der Waals surface area (Å²) in [5.41, 5.74) is 1.87. The van der Waals surface area contributed by atoms with E-state index in [0.29, 0.717) is 25.4 Å². The Kier molecular flexibility index (Phi) is 5.29. The average Bonchev–Trinajstić information content (AvgIpc) is 2.48. The van der Waals surface area contributed by atoms with Crippen LogP contribution in [0.25, 0.3) is 0 Å². The van der Waals surface area contributed by atoms with Gasteiger partial charge in [0.1, 0.15) is 11.4 Å². The van der Waals surface area contributed by atoms with Crippen LogP contribution in [-0.2, 0) is 13.1 Å². The van der Waals surface area contributed by atoms with Gasteiger partial charge in [-0.2, -0.15) is 0 Å². The first-order chi connectivity index (χ1) is 10.2. The van der Waals surface area contributed by atoms with Gasteiger partial charge in [0.05, 0.1) is 12.3 Å². The van der Waals surface area contributed by atoms with E-state index in [2.05, 4.69) is 10.3 Å². The number of rotatable bonds is 7. The van der Waals surface area contributed by atoms with Crippen molar-refractivity contribution in [1.29, 1.82) is 0 Å². The summed E-state index contributed by atoms with van der Waals surface area (Å²) >= 11 is 0. The van der Waals surface area contributed by atoms with Crippen molar-refractivity contribution < 1.29 is 14.6 Å². The average molecular weight is 286 g/mol. The number of carboxylic acids is 1. The molecular weight excluding hydrogens is 268 g/mol. The topological polar surface area (TPSA) is 71.5 Å². The van der Waals surface area contributed by atoms with E-state index in [1.54, 1.807) is 12.1 Å². The van der Waals surface area contributed by atoms with Gasteiger partial charge in [-0.3, -0.25) is 0 Å². The Morgan fingerprint density at radius 3 is 2.81 bits per heavy atom. The normalized spacial score (nSPS) is 10.3. The van der Waals surface area contributed by atoms with Crippen LogP contribution in [0, 0.1) is 0 Å². The zero-order valence-corrected chi connectivity index (χ0v) is 11.9. The lowest BCUT2D eigenvalue weighted by atomic mass is 10.2. The summed E-state index contributed by atoms with van der Waals surface area (Å²) in [6.07, 6.45) is 0. The van der Waals surface area contributed by atoms with Gasteiger partial charge in [-0.1, -0.05) is 18.2 Å². The molecule has 5 heteroatoms. The van der Waals surface area contributed by atoms with Gasteiger partial charge in [0.2, 0.25) is 0 Å². The third kappa shape index (κ3) is 4.57. The van der Waals surface area contributed by atoms with E-state index in [0.717, 1.165) is 11.3 Å². The van der Waals surface area contributed by atoms with Gasteiger partial charge in [-0.15, -0.1) is 0 Å². The largest absolute Gasteiger partial charge is 0.494 e. The highest BCUT2D eigenvalue weighted by atomic mass is 16.5. The first kappa shape index (κ1) is 15.0. The van der Waals surface area contributed by atoms with Crippen molar-refractivity contribution in [2.75, 3.05) is 6.61 Å². The second kappa shape index (κ2) is 7.40. The summed E-state index contributed by atoms with van der Waals surface area (Å²) in [4.78, 5) is 14.9. The Morgan fingerprint density at radius 1 is 1.24 bits per heavy atom. The molecule has 110 valence electrons. The van der Waals surface area contributed by atoms with Crippen LogP contribution in [0.5, 0.6) is 5.75 Å². The van der Waals surface area contributed by atoms with E-state index in [9.17, 15) is 4.79 Å². The summed E-state index contributed by atoms with van der Waals surface area (Å²) in [6.45, 7) is 3.77. The van der Waals surface area contributed by atoms with Crippen molar-refractivity contribution >= 4 is 5.97 Å². The number of nitrogens with zero attached hydrogens (tertiary/aromatic N) is 1. The number of carboxylic acid groups (broad SMARTS) is 1. The van der Waals surface area contributed by atoms with E-state index in [1.807, 2.05) is 31.2 Å². The fourth-order valence-corrected chi connectivity index (χ4v) is 1.94. The van der Waals surface area contributed by atoms with Crippen molar-refractivity contribution in [3.05, 3.63) is 59.4 Å². The van der Waals surface area contributed by atoms with E-state index in [-0.39, 0.29) is 5.69 Å². The second-order valence-corrected chi connectivity index (χ2v) is 4.50. The summed E-state index contributed by atoms with van der Waals surface area (Å²) in [5, 5.41) is 12.1. The first-order valence-electron chi connectivity index (χ1n) is 6.80. The minimum atomic E-state index is -1.01. The fraction of sp³-hybridized carbons (Fsp3) is 0.250. The predicted octanol–water partition coefficient (Wildman–Crippen LogP) is 2.47. The summed E-state index contributed by atoms with van der Waals surface area (Å²) in [6, 6.07) is 12.8. The number of carbonyl (C=O) groups is 1. The number of benzene rings is 1. The molecule has 0 bridgehead atoms. The van der Waals surface area contributed by atoms with Gasteiger partial charge < -0.3 is 15.2 Å². The van der Waals surface area contributed by atoms with E-state index >= 15 is 0 Å². The molecule has 0 aliphatic rings. The van der Waals surface area contributed by atoms with E-state index in [4.69, 9.17) is 9.84 Å². The minimum Gasteiger partial charge on any atom is -0.494 e. The van der Waals surface area contributed by atoms with Crippen LogP contribution >= 0.6 is 0 Å². The lowest BCUT2D eigenvalue weighted by Gasteiger charge is -2.08. The highest BCUT2D eigenvalue weighted by molar-refractivity contribution is 5.85. The monoisotopic (exact) mass is 286 g/mol. The standard InChI is InChI=1S/C16H18N2O3/c1-2-21-14-7-3-5-12(9-14)10-17-11-13-6-4-8-15(18-13)16(19)20/h3-9,17H,2,10-11H2,1H3,(H,19,20). The first-order valence-corrected chi connectivity index (χ1v) is 6.80. The third-order valence-corrected chi connectivity index (χ3v) is 2.87. The molecule has 2 N–H and O–H groups in total. The molecule has 0 atom stereocenters. The van der Waals surface area contributed by atoms with Crippen LogP contribution in [0.15, 0.2) is 42.5 Å². The molecule has 0 aliphatic heterocycles. The molecule has 0 fully saturated rings. The van der Waals surface area contributed by atoms with Crippen molar-refractivity contribution in [2.24, 2.45) is 0 Å². The Balaban J connectivity index is 1.90. The smallest absolute Gasteiger partial charge is 0.354 e. The number of hydrogen-bond acceptors (Lipinski definition) is 4. The molecule has 0 amide bonds. The highest BCUT2D eigenvalue weighted by Gasteiger charge is 2.04. The van der Waals surface area contributed by atoms with Gasteiger partial charge in [-0.25, -0.2) is 9.78 Å². The number of hydrogen-bond donors (Lipinski definition) is 2. The minimum absolute atomic E-state index is 0.0626. The maximum atomic E-state index is 10.9. The molecule has 5 nitrogen and oxygen atoms in total. The molecule has 0 unspecified atom stereocenters. The quantitative estimate of drug-likeness (QED) is 0.818. The molecule has 2 rings (SSSR count). The lowest BCUT2D eigenvalue weighted by molar-refractivity contribution is 0.0690. The molecule has 0 radical (unpaired) electrons. The molecule has 2 aromatic rings.